The molecular formula is C14H30N2O. The van der Waals surface area contributed by atoms with Crippen molar-refractivity contribution in [2.75, 3.05) is 32.8 Å². The van der Waals surface area contributed by atoms with Gasteiger partial charge in [-0.2, -0.15) is 0 Å². The van der Waals surface area contributed by atoms with Crippen molar-refractivity contribution < 1.29 is 4.74 Å². The van der Waals surface area contributed by atoms with Crippen molar-refractivity contribution in [2.24, 2.45) is 0 Å². The monoisotopic (exact) mass is 242 g/mol. The van der Waals surface area contributed by atoms with E-state index in [0.29, 0.717) is 12.1 Å². The van der Waals surface area contributed by atoms with E-state index < -0.39 is 0 Å². The highest BCUT2D eigenvalue weighted by Crippen LogP contribution is 2.10. The summed E-state index contributed by atoms with van der Waals surface area (Å²) in [5.74, 6) is 0. The molecule has 0 aliphatic carbocycles. The summed E-state index contributed by atoms with van der Waals surface area (Å²) in [6.07, 6.45) is 5.31. The molecule has 0 aromatic carbocycles. The molecule has 1 aliphatic heterocycles. The zero-order valence-electron chi connectivity index (χ0n) is 11.9. The van der Waals surface area contributed by atoms with E-state index in [0.717, 1.165) is 26.1 Å². The summed E-state index contributed by atoms with van der Waals surface area (Å²) in [6.45, 7) is 12.2. The molecule has 0 aromatic rings. The van der Waals surface area contributed by atoms with Gasteiger partial charge in [0.1, 0.15) is 0 Å². The molecule has 0 amide bonds. The zero-order valence-corrected chi connectivity index (χ0v) is 11.9. The van der Waals surface area contributed by atoms with Crippen LogP contribution in [-0.2, 0) is 4.74 Å². The summed E-state index contributed by atoms with van der Waals surface area (Å²) in [6, 6.07) is 0.653. The minimum Gasteiger partial charge on any atom is -0.377 e. The highest BCUT2D eigenvalue weighted by molar-refractivity contribution is 4.75. The largest absolute Gasteiger partial charge is 0.377 e. The van der Waals surface area contributed by atoms with Crippen LogP contribution in [0.1, 0.15) is 46.5 Å². The molecule has 2 atom stereocenters. The van der Waals surface area contributed by atoms with Crippen molar-refractivity contribution in [2.45, 2.75) is 58.6 Å². The maximum absolute atomic E-state index is 5.82. The van der Waals surface area contributed by atoms with E-state index in [2.05, 4.69) is 31.0 Å². The topological polar surface area (TPSA) is 24.5 Å². The van der Waals surface area contributed by atoms with Crippen molar-refractivity contribution >= 4 is 0 Å². The molecular weight excluding hydrogens is 212 g/mol. The van der Waals surface area contributed by atoms with Crippen LogP contribution in [0.15, 0.2) is 0 Å². The Morgan fingerprint density at radius 2 is 2.18 bits per heavy atom. The number of ether oxygens (including phenoxy) is 1. The Bertz CT molecular complexity index is 181. The van der Waals surface area contributed by atoms with Crippen LogP contribution in [0.5, 0.6) is 0 Å². The number of hydrogen-bond acceptors (Lipinski definition) is 3. The van der Waals surface area contributed by atoms with Crippen LogP contribution < -0.4 is 5.32 Å². The molecule has 3 heteroatoms. The fraction of sp³-hybridized carbons (Fsp3) is 1.00. The van der Waals surface area contributed by atoms with Gasteiger partial charge >= 0.3 is 0 Å². The van der Waals surface area contributed by atoms with Crippen LogP contribution in [-0.4, -0.2) is 49.8 Å². The van der Waals surface area contributed by atoms with Gasteiger partial charge in [-0.05, 0) is 25.8 Å². The van der Waals surface area contributed by atoms with Crippen LogP contribution in [0.4, 0.5) is 0 Å². The summed E-state index contributed by atoms with van der Waals surface area (Å²) in [7, 11) is 0. The molecule has 1 aliphatic rings. The number of nitrogens with one attached hydrogen (secondary N) is 1. The Morgan fingerprint density at radius 3 is 2.82 bits per heavy atom. The van der Waals surface area contributed by atoms with Gasteiger partial charge in [-0.25, -0.2) is 0 Å². The van der Waals surface area contributed by atoms with E-state index in [1.165, 1.54) is 32.4 Å². The normalized spacial score (nSPS) is 24.5. The predicted octanol–water partition coefficient (Wildman–Crippen LogP) is 2.27. The second-order valence-electron chi connectivity index (χ2n) is 5.06. The zero-order chi connectivity index (χ0) is 12.5. The third-order valence-electron chi connectivity index (χ3n) is 3.50. The van der Waals surface area contributed by atoms with E-state index in [-0.39, 0.29) is 0 Å². The Hall–Kier alpha value is -0.120. The van der Waals surface area contributed by atoms with Gasteiger partial charge in [0.15, 0.2) is 0 Å². The van der Waals surface area contributed by atoms with Crippen molar-refractivity contribution in [3.05, 3.63) is 0 Å². The molecule has 0 aromatic heterocycles. The molecule has 1 fully saturated rings. The quantitative estimate of drug-likeness (QED) is 0.741. The van der Waals surface area contributed by atoms with Gasteiger partial charge in [-0.3, -0.25) is 4.90 Å². The van der Waals surface area contributed by atoms with Crippen LogP contribution in [0.2, 0.25) is 0 Å². The lowest BCUT2D eigenvalue weighted by Gasteiger charge is -2.28. The van der Waals surface area contributed by atoms with Crippen molar-refractivity contribution in [3.63, 3.8) is 0 Å². The van der Waals surface area contributed by atoms with E-state index in [1.807, 2.05) is 0 Å². The molecule has 3 nitrogen and oxygen atoms in total. The van der Waals surface area contributed by atoms with Crippen LogP contribution >= 0.6 is 0 Å². The summed E-state index contributed by atoms with van der Waals surface area (Å²) < 4.78 is 5.82. The SMILES string of the molecule is CCCC(CN1CCCOC(CC)C1)NCC. The van der Waals surface area contributed by atoms with Crippen molar-refractivity contribution in [1.29, 1.82) is 0 Å². The van der Waals surface area contributed by atoms with Crippen LogP contribution in [0, 0.1) is 0 Å². The predicted molar refractivity (Wildman–Crippen MR) is 73.5 cm³/mol. The summed E-state index contributed by atoms with van der Waals surface area (Å²) in [4.78, 5) is 2.59. The standard InChI is InChI=1S/C14H30N2O/c1-4-8-13(15-6-3)11-16-9-7-10-17-14(5-2)12-16/h13-15H,4-12H2,1-3H3. The smallest absolute Gasteiger partial charge is 0.0699 e. The minimum absolute atomic E-state index is 0.446. The van der Waals surface area contributed by atoms with Gasteiger partial charge < -0.3 is 10.1 Å². The Kier molecular flexibility index (Phi) is 7.82. The number of rotatable bonds is 7. The summed E-state index contributed by atoms with van der Waals surface area (Å²) in [5.41, 5.74) is 0. The first kappa shape index (κ1) is 14.9. The maximum atomic E-state index is 5.82. The molecule has 0 bridgehead atoms. The molecule has 102 valence electrons. The first-order chi connectivity index (χ1) is 8.30. The molecule has 17 heavy (non-hydrogen) atoms. The lowest BCUT2D eigenvalue weighted by Crippen LogP contribution is -2.43. The highest BCUT2D eigenvalue weighted by atomic mass is 16.5. The molecule has 1 N–H and O–H groups in total. The fourth-order valence-electron chi connectivity index (χ4n) is 2.59. The number of hydrogen-bond donors (Lipinski definition) is 1. The second-order valence-corrected chi connectivity index (χ2v) is 5.06. The minimum atomic E-state index is 0.446. The molecule has 0 spiro atoms. The van der Waals surface area contributed by atoms with E-state index in [9.17, 15) is 0 Å². The van der Waals surface area contributed by atoms with Gasteiger partial charge in [-0.1, -0.05) is 27.2 Å². The van der Waals surface area contributed by atoms with Gasteiger partial charge in [-0.15, -0.1) is 0 Å². The lowest BCUT2D eigenvalue weighted by molar-refractivity contribution is 0.0506. The van der Waals surface area contributed by atoms with Gasteiger partial charge in [0, 0.05) is 32.3 Å². The van der Waals surface area contributed by atoms with E-state index >= 15 is 0 Å². The Morgan fingerprint density at radius 1 is 1.35 bits per heavy atom. The molecule has 1 saturated heterocycles. The summed E-state index contributed by atoms with van der Waals surface area (Å²) >= 11 is 0. The Balaban J connectivity index is 2.39. The third kappa shape index (κ3) is 5.84. The van der Waals surface area contributed by atoms with Gasteiger partial charge in [0.2, 0.25) is 0 Å². The van der Waals surface area contributed by atoms with Gasteiger partial charge in [0.05, 0.1) is 6.10 Å². The van der Waals surface area contributed by atoms with Crippen molar-refractivity contribution in [3.8, 4) is 0 Å². The third-order valence-corrected chi connectivity index (χ3v) is 3.50. The van der Waals surface area contributed by atoms with Crippen molar-refractivity contribution in [1.82, 2.24) is 10.2 Å². The lowest BCUT2D eigenvalue weighted by atomic mass is 10.1. The second kappa shape index (κ2) is 8.90. The number of nitrogens with zero attached hydrogens (tertiary/aromatic N) is 1. The van der Waals surface area contributed by atoms with Gasteiger partial charge in [0.25, 0.3) is 0 Å². The number of likely N-dealkylation sites (N-methyl/N-ethyl adjacent to an activating group) is 1. The first-order valence-corrected chi connectivity index (χ1v) is 7.37. The highest BCUT2D eigenvalue weighted by Gasteiger charge is 2.19. The van der Waals surface area contributed by atoms with E-state index in [4.69, 9.17) is 4.74 Å². The Labute approximate surface area is 107 Å². The molecule has 0 saturated carbocycles. The molecule has 1 rings (SSSR count). The van der Waals surface area contributed by atoms with E-state index in [1.54, 1.807) is 0 Å². The van der Waals surface area contributed by atoms with Crippen LogP contribution in [0.25, 0.3) is 0 Å². The average molecular weight is 242 g/mol. The molecule has 1 heterocycles. The average Bonchev–Trinajstić information content (AvgIpc) is 2.55. The summed E-state index contributed by atoms with van der Waals surface area (Å²) in [5, 5.41) is 3.60. The molecule has 0 radical (unpaired) electrons. The first-order valence-electron chi connectivity index (χ1n) is 7.37. The maximum Gasteiger partial charge on any atom is 0.0699 e. The molecule has 2 unspecified atom stereocenters. The van der Waals surface area contributed by atoms with Crippen LogP contribution in [0.3, 0.4) is 0 Å². The fourth-order valence-corrected chi connectivity index (χ4v) is 2.59.